The Morgan fingerprint density at radius 3 is 2.73 bits per heavy atom. The molecule has 0 N–H and O–H groups in total. The van der Waals surface area contributed by atoms with Gasteiger partial charge in [0.2, 0.25) is 5.91 Å². The molecule has 1 unspecified atom stereocenters. The zero-order chi connectivity index (χ0) is 18.1. The van der Waals surface area contributed by atoms with Crippen LogP contribution in [0, 0.1) is 23.2 Å². The molecular formula is C22H26N2O2. The van der Waals surface area contributed by atoms with Crippen LogP contribution in [0.2, 0.25) is 0 Å². The highest BCUT2D eigenvalue weighted by atomic mass is 16.5. The SMILES string of the molecule is COC1CCC(C(=O)N2C3C[C@@]4(C)c5ccc(C#N)cc5C[C@@H]2[C@H]34)CC1. The average Bonchev–Trinajstić information content (AvgIpc) is 2.65. The Morgan fingerprint density at radius 2 is 2.04 bits per heavy atom. The lowest BCUT2D eigenvalue weighted by molar-refractivity contribution is -0.199. The van der Waals surface area contributed by atoms with Gasteiger partial charge < -0.3 is 9.64 Å². The second-order valence-electron chi connectivity index (χ2n) is 8.92. The molecule has 26 heavy (non-hydrogen) atoms. The highest BCUT2D eigenvalue weighted by Gasteiger charge is 2.69. The second kappa shape index (κ2) is 5.57. The van der Waals surface area contributed by atoms with Crippen molar-refractivity contribution in [3.63, 3.8) is 0 Å². The summed E-state index contributed by atoms with van der Waals surface area (Å²) in [7, 11) is 1.77. The van der Waals surface area contributed by atoms with E-state index in [9.17, 15) is 10.1 Å². The van der Waals surface area contributed by atoms with Crippen LogP contribution in [0.3, 0.4) is 0 Å². The van der Waals surface area contributed by atoms with E-state index < -0.39 is 0 Å². The average molecular weight is 350 g/mol. The Kier molecular flexibility index (Phi) is 3.49. The van der Waals surface area contributed by atoms with Crippen molar-refractivity contribution in [3.8, 4) is 6.07 Å². The van der Waals surface area contributed by atoms with Crippen LogP contribution in [0.25, 0.3) is 0 Å². The molecule has 1 aromatic carbocycles. The molecule has 3 aliphatic carbocycles. The number of hydrogen-bond donors (Lipinski definition) is 0. The van der Waals surface area contributed by atoms with Gasteiger partial charge in [0.1, 0.15) is 0 Å². The quantitative estimate of drug-likeness (QED) is 0.823. The maximum Gasteiger partial charge on any atom is 0.226 e. The number of rotatable bonds is 2. The van der Waals surface area contributed by atoms with Gasteiger partial charge in [-0.25, -0.2) is 0 Å². The molecule has 0 radical (unpaired) electrons. The third kappa shape index (κ3) is 2.01. The first-order valence-electron chi connectivity index (χ1n) is 9.95. The van der Waals surface area contributed by atoms with Crippen LogP contribution in [-0.4, -0.2) is 36.1 Å². The minimum Gasteiger partial charge on any atom is -0.381 e. The fourth-order valence-corrected chi connectivity index (χ4v) is 6.44. The lowest BCUT2D eigenvalue weighted by Gasteiger charge is -2.73. The number of carbonyl (C=O) groups is 1. The predicted molar refractivity (Wildman–Crippen MR) is 97.5 cm³/mol. The van der Waals surface area contributed by atoms with E-state index in [1.807, 2.05) is 6.07 Å². The molecule has 0 bridgehead atoms. The van der Waals surface area contributed by atoms with E-state index in [1.54, 1.807) is 7.11 Å². The van der Waals surface area contributed by atoms with Gasteiger partial charge in [0.15, 0.2) is 0 Å². The van der Waals surface area contributed by atoms with Crippen LogP contribution in [0.5, 0.6) is 0 Å². The van der Waals surface area contributed by atoms with Crippen molar-refractivity contribution in [2.24, 2.45) is 11.8 Å². The van der Waals surface area contributed by atoms with Gasteiger partial charge in [-0.1, -0.05) is 13.0 Å². The summed E-state index contributed by atoms with van der Waals surface area (Å²) in [5, 5.41) is 9.24. The largest absolute Gasteiger partial charge is 0.381 e. The zero-order valence-electron chi connectivity index (χ0n) is 15.6. The lowest BCUT2D eigenvalue weighted by atomic mass is 9.43. The molecule has 1 aliphatic heterocycles. The third-order valence-electron chi connectivity index (χ3n) is 7.80. The molecule has 0 aromatic heterocycles. The first kappa shape index (κ1) is 16.3. The molecule has 4 nitrogen and oxygen atoms in total. The summed E-state index contributed by atoms with van der Waals surface area (Å²) in [5.74, 6) is 1.18. The molecule has 136 valence electrons. The summed E-state index contributed by atoms with van der Waals surface area (Å²) >= 11 is 0. The van der Waals surface area contributed by atoms with Crippen molar-refractivity contribution in [3.05, 3.63) is 34.9 Å². The first-order chi connectivity index (χ1) is 12.6. The van der Waals surface area contributed by atoms with Gasteiger partial charge in [-0.15, -0.1) is 0 Å². The van der Waals surface area contributed by atoms with E-state index in [2.05, 4.69) is 30.0 Å². The van der Waals surface area contributed by atoms with Crippen molar-refractivity contribution in [2.75, 3.05) is 7.11 Å². The third-order valence-corrected chi connectivity index (χ3v) is 7.80. The molecule has 1 amide bonds. The second-order valence-corrected chi connectivity index (χ2v) is 8.92. The van der Waals surface area contributed by atoms with Crippen molar-refractivity contribution in [2.45, 2.75) is 69.1 Å². The number of nitriles is 1. The van der Waals surface area contributed by atoms with Gasteiger partial charge in [0.25, 0.3) is 0 Å². The van der Waals surface area contributed by atoms with E-state index in [4.69, 9.17) is 4.74 Å². The molecule has 2 saturated carbocycles. The Labute approximate surface area is 155 Å². The number of amides is 1. The Hall–Kier alpha value is -1.86. The summed E-state index contributed by atoms with van der Waals surface area (Å²) in [6.45, 7) is 2.36. The number of fused-ring (bicyclic) bond motifs is 2. The number of ether oxygens (including phenoxy) is 1. The molecule has 4 aliphatic rings. The van der Waals surface area contributed by atoms with Crippen molar-refractivity contribution < 1.29 is 9.53 Å². The number of piperidine rings is 1. The molecule has 1 saturated heterocycles. The summed E-state index contributed by atoms with van der Waals surface area (Å²) in [4.78, 5) is 15.5. The fourth-order valence-electron chi connectivity index (χ4n) is 6.44. The number of methoxy groups -OCH3 is 1. The van der Waals surface area contributed by atoms with E-state index in [1.165, 1.54) is 11.1 Å². The van der Waals surface area contributed by atoms with E-state index in [0.29, 0.717) is 30.0 Å². The summed E-state index contributed by atoms with van der Waals surface area (Å²) < 4.78 is 5.46. The highest BCUT2D eigenvalue weighted by Crippen LogP contribution is 2.64. The summed E-state index contributed by atoms with van der Waals surface area (Å²) in [5.41, 5.74) is 3.63. The van der Waals surface area contributed by atoms with Gasteiger partial charge in [-0.05, 0) is 61.8 Å². The zero-order valence-corrected chi connectivity index (χ0v) is 15.6. The standard InChI is InChI=1S/C22H26N2O2/c1-22-11-19-20(22)18(10-15-9-13(12-23)3-8-17(15)22)24(19)21(25)14-4-6-16(26-2)7-5-14/h3,8-9,14,16,18-20H,4-7,10-11H2,1-2H3/t14?,16?,18-,19?,20-,22+/m1/s1. The molecule has 5 rings (SSSR count). The lowest BCUT2D eigenvalue weighted by Crippen LogP contribution is -2.81. The van der Waals surface area contributed by atoms with E-state index in [0.717, 1.165) is 44.1 Å². The molecule has 4 atom stereocenters. The first-order valence-corrected chi connectivity index (χ1v) is 9.95. The highest BCUT2D eigenvalue weighted by molar-refractivity contribution is 5.82. The van der Waals surface area contributed by atoms with Gasteiger partial charge in [0, 0.05) is 36.4 Å². The number of carbonyl (C=O) groups excluding carboxylic acids is 1. The fraction of sp³-hybridized carbons (Fsp3) is 0.636. The smallest absolute Gasteiger partial charge is 0.226 e. The van der Waals surface area contributed by atoms with Gasteiger partial charge in [-0.3, -0.25) is 4.79 Å². The normalized spacial score (nSPS) is 39.7. The van der Waals surface area contributed by atoms with Crippen LogP contribution in [0.4, 0.5) is 0 Å². The van der Waals surface area contributed by atoms with E-state index >= 15 is 0 Å². The molecule has 0 spiro atoms. The molecule has 3 fully saturated rings. The number of likely N-dealkylation sites (tertiary alicyclic amines) is 1. The summed E-state index contributed by atoms with van der Waals surface area (Å²) in [6.07, 6.45) is 6.26. The minimum atomic E-state index is 0.182. The Bertz CT molecular complexity index is 805. The Morgan fingerprint density at radius 1 is 1.27 bits per heavy atom. The monoisotopic (exact) mass is 350 g/mol. The molecule has 1 aromatic rings. The summed E-state index contributed by atoms with van der Waals surface area (Å²) in [6, 6.07) is 9.22. The van der Waals surface area contributed by atoms with E-state index in [-0.39, 0.29) is 11.3 Å². The molecular weight excluding hydrogens is 324 g/mol. The van der Waals surface area contributed by atoms with Crippen molar-refractivity contribution >= 4 is 5.91 Å². The maximum absolute atomic E-state index is 13.2. The molecule has 1 heterocycles. The maximum atomic E-state index is 13.2. The topological polar surface area (TPSA) is 53.3 Å². The van der Waals surface area contributed by atoms with Crippen LogP contribution in [0.1, 0.15) is 55.7 Å². The number of nitrogens with zero attached hydrogens (tertiary/aromatic N) is 2. The van der Waals surface area contributed by atoms with Crippen LogP contribution >= 0.6 is 0 Å². The van der Waals surface area contributed by atoms with Crippen LogP contribution < -0.4 is 0 Å². The van der Waals surface area contributed by atoms with Gasteiger partial charge >= 0.3 is 0 Å². The van der Waals surface area contributed by atoms with Crippen molar-refractivity contribution in [1.29, 1.82) is 5.26 Å². The van der Waals surface area contributed by atoms with Gasteiger partial charge in [-0.2, -0.15) is 5.26 Å². The number of benzene rings is 1. The van der Waals surface area contributed by atoms with Crippen molar-refractivity contribution in [1.82, 2.24) is 4.90 Å². The molecule has 4 heteroatoms. The van der Waals surface area contributed by atoms with Gasteiger partial charge in [0.05, 0.1) is 17.7 Å². The van der Waals surface area contributed by atoms with Crippen LogP contribution in [0.15, 0.2) is 18.2 Å². The predicted octanol–water partition coefficient (Wildman–Crippen LogP) is 3.18. The van der Waals surface area contributed by atoms with Crippen LogP contribution in [-0.2, 0) is 21.4 Å². The minimum absolute atomic E-state index is 0.182. The Balaban J connectivity index is 1.38. The number of hydrogen-bond acceptors (Lipinski definition) is 3.